The molecule has 10 nitrogen and oxygen atoms in total. The number of nitrogens with one attached hydrogen (secondary N) is 1. The molecule has 190 valence electrons. The average molecular weight is 526 g/mol. The maximum absolute atomic E-state index is 15.0. The van der Waals surface area contributed by atoms with Crippen molar-refractivity contribution in [2.24, 2.45) is 0 Å². The number of halogens is 3. The maximum atomic E-state index is 15.0. The van der Waals surface area contributed by atoms with Gasteiger partial charge in [0.05, 0.1) is 23.0 Å². The molecule has 1 aliphatic rings. The molecule has 13 heteroatoms. The molecule has 37 heavy (non-hydrogen) atoms. The van der Waals surface area contributed by atoms with E-state index in [-0.39, 0.29) is 35.2 Å². The van der Waals surface area contributed by atoms with Crippen molar-refractivity contribution in [1.82, 2.24) is 40.1 Å². The summed E-state index contributed by atoms with van der Waals surface area (Å²) >= 11 is 6.23. The molecule has 0 radical (unpaired) electrons. The van der Waals surface area contributed by atoms with Gasteiger partial charge in [0.2, 0.25) is 17.8 Å². The van der Waals surface area contributed by atoms with Gasteiger partial charge in [0.25, 0.3) is 0 Å². The Labute approximate surface area is 215 Å². The Morgan fingerprint density at radius 3 is 2.81 bits per heavy atom. The van der Waals surface area contributed by atoms with Crippen LogP contribution in [-0.4, -0.2) is 46.0 Å². The van der Waals surface area contributed by atoms with Gasteiger partial charge in [-0.2, -0.15) is 13.8 Å². The largest absolute Gasteiger partial charge is 0.384 e. The number of aromatic nitrogens is 7. The Hall–Kier alpha value is -4.19. The Morgan fingerprint density at radius 1 is 1.24 bits per heavy atom. The maximum Gasteiger partial charge on any atom is 0.236 e. The highest BCUT2D eigenvalue weighted by Crippen LogP contribution is 2.40. The van der Waals surface area contributed by atoms with Crippen molar-refractivity contribution in [2.45, 2.75) is 38.6 Å². The zero-order chi connectivity index (χ0) is 26.1. The van der Waals surface area contributed by atoms with Gasteiger partial charge in [0.15, 0.2) is 0 Å². The van der Waals surface area contributed by atoms with E-state index in [1.54, 1.807) is 17.9 Å². The first-order valence-corrected chi connectivity index (χ1v) is 11.9. The molecule has 5 rings (SSSR count). The second kappa shape index (κ2) is 10.1. The summed E-state index contributed by atoms with van der Waals surface area (Å²) in [5.74, 6) is -1.86. The van der Waals surface area contributed by atoms with E-state index in [1.807, 2.05) is 18.2 Å². The number of pyridine rings is 1. The lowest BCUT2D eigenvalue weighted by Gasteiger charge is -2.25. The fourth-order valence-corrected chi connectivity index (χ4v) is 4.69. The lowest BCUT2D eigenvalue weighted by atomic mass is 10.1. The summed E-state index contributed by atoms with van der Waals surface area (Å²) in [5, 5.41) is 11.9. The van der Waals surface area contributed by atoms with E-state index in [4.69, 9.17) is 17.3 Å². The van der Waals surface area contributed by atoms with E-state index in [1.165, 1.54) is 23.1 Å². The summed E-state index contributed by atoms with van der Waals surface area (Å²) in [4.78, 5) is 24.9. The van der Waals surface area contributed by atoms with E-state index in [0.29, 0.717) is 24.3 Å². The molecule has 1 atom stereocenters. The molecule has 1 amide bonds. The molecular weight excluding hydrogens is 504 g/mol. The van der Waals surface area contributed by atoms with Gasteiger partial charge in [-0.25, -0.2) is 9.67 Å². The van der Waals surface area contributed by atoms with Crippen LogP contribution < -0.4 is 5.73 Å². The number of nitrogens with two attached hydrogens (primary N) is 1. The number of nitrogen functional groups attached to an aromatic ring is 1. The minimum absolute atomic E-state index is 0.00161. The Bertz CT molecular complexity index is 1490. The lowest BCUT2D eigenvalue weighted by molar-refractivity contribution is -0.130. The number of carbonyl (C=O) groups excluding carboxylic acids is 1. The molecule has 0 aliphatic carbocycles. The van der Waals surface area contributed by atoms with Gasteiger partial charge in [0, 0.05) is 17.1 Å². The standard InChI is InChI=1S/C24H22ClF2N9O/c1-2-20(37)36-15(5-3-13-11-14(25)4-8-17(13)35-12-29-33-34-35)6-9-18(36)21-23(27)32-24(31-21)16-7-10-19(28)30-22(16)26/h4-5,7-8,10-12,18H,2-3,6,9H2,1H3,(H2,28,30)(H,31,32)/b15-5-/t18-/m1/s1. The monoisotopic (exact) mass is 525 g/mol. The van der Waals surface area contributed by atoms with E-state index < -0.39 is 17.9 Å². The normalized spacial score (nSPS) is 16.6. The van der Waals surface area contributed by atoms with Crippen molar-refractivity contribution in [1.29, 1.82) is 0 Å². The van der Waals surface area contributed by atoms with Crippen LogP contribution >= 0.6 is 11.6 Å². The summed E-state index contributed by atoms with van der Waals surface area (Å²) in [6.45, 7) is 1.74. The Kier molecular flexibility index (Phi) is 6.66. The number of rotatable bonds is 6. The number of anilines is 1. The average Bonchev–Trinajstić information content (AvgIpc) is 3.62. The number of imidazole rings is 1. The van der Waals surface area contributed by atoms with Gasteiger partial charge in [-0.1, -0.05) is 24.6 Å². The second-order valence-electron chi connectivity index (χ2n) is 8.46. The van der Waals surface area contributed by atoms with Gasteiger partial charge in [-0.15, -0.1) is 5.10 Å². The zero-order valence-corrected chi connectivity index (χ0v) is 20.5. The highest BCUT2D eigenvalue weighted by Gasteiger charge is 2.36. The summed E-state index contributed by atoms with van der Waals surface area (Å²) < 4.78 is 30.9. The van der Waals surface area contributed by atoms with Gasteiger partial charge < -0.3 is 15.6 Å². The van der Waals surface area contributed by atoms with Crippen molar-refractivity contribution >= 4 is 23.3 Å². The van der Waals surface area contributed by atoms with Gasteiger partial charge in [-0.05, 0) is 65.6 Å². The minimum atomic E-state index is -0.867. The third kappa shape index (κ3) is 4.79. The Morgan fingerprint density at radius 2 is 2.08 bits per heavy atom. The smallest absolute Gasteiger partial charge is 0.236 e. The van der Waals surface area contributed by atoms with E-state index in [2.05, 4.69) is 30.5 Å². The number of likely N-dealkylation sites (tertiary alicyclic amines) is 1. The highest BCUT2D eigenvalue weighted by molar-refractivity contribution is 6.30. The van der Waals surface area contributed by atoms with Gasteiger partial charge in [-0.3, -0.25) is 4.79 Å². The molecule has 3 aromatic heterocycles. The van der Waals surface area contributed by atoms with E-state index in [0.717, 1.165) is 16.9 Å². The van der Waals surface area contributed by atoms with Crippen LogP contribution in [0.4, 0.5) is 14.6 Å². The van der Waals surface area contributed by atoms with Crippen LogP contribution in [0.2, 0.25) is 5.02 Å². The van der Waals surface area contributed by atoms with Gasteiger partial charge >= 0.3 is 0 Å². The van der Waals surface area contributed by atoms with Crippen LogP contribution in [0.1, 0.15) is 43.5 Å². The molecule has 1 aliphatic heterocycles. The quantitative estimate of drug-likeness (QED) is 0.361. The van der Waals surface area contributed by atoms with Crippen LogP contribution in [0.3, 0.4) is 0 Å². The zero-order valence-electron chi connectivity index (χ0n) is 19.7. The number of benzene rings is 1. The first kappa shape index (κ1) is 24.5. The molecule has 1 aromatic carbocycles. The number of hydrogen-bond acceptors (Lipinski definition) is 7. The molecule has 0 spiro atoms. The number of tetrazole rings is 1. The van der Waals surface area contributed by atoms with Crippen LogP contribution in [0.15, 0.2) is 48.4 Å². The highest BCUT2D eigenvalue weighted by atomic mass is 35.5. The van der Waals surface area contributed by atoms with Crippen molar-refractivity contribution in [2.75, 3.05) is 5.73 Å². The SMILES string of the molecule is CCC(=O)N1/C(=C\Cc2cc(Cl)ccc2-n2cnnn2)CC[C@@H]1c1[nH]c(-c2ccc(N)nc2F)nc1F. The fraction of sp³-hybridized carbons (Fsp3) is 0.250. The molecule has 3 N–H and O–H groups in total. The lowest BCUT2D eigenvalue weighted by Crippen LogP contribution is -2.29. The number of hydrogen-bond donors (Lipinski definition) is 2. The van der Waals surface area contributed by atoms with Crippen molar-refractivity contribution in [3.8, 4) is 17.1 Å². The first-order chi connectivity index (χ1) is 17.9. The number of carbonyl (C=O) groups is 1. The molecule has 0 unspecified atom stereocenters. The molecule has 0 saturated carbocycles. The van der Waals surface area contributed by atoms with Crippen LogP contribution in [-0.2, 0) is 11.2 Å². The second-order valence-corrected chi connectivity index (χ2v) is 8.90. The van der Waals surface area contributed by atoms with Crippen LogP contribution in [0, 0.1) is 11.9 Å². The van der Waals surface area contributed by atoms with E-state index in [9.17, 15) is 9.18 Å². The van der Waals surface area contributed by atoms with E-state index >= 15 is 4.39 Å². The number of H-pyrrole nitrogens is 1. The number of aromatic amines is 1. The summed E-state index contributed by atoms with van der Waals surface area (Å²) in [6, 6.07) is 7.52. The van der Waals surface area contributed by atoms with Crippen molar-refractivity contribution in [3.05, 3.63) is 76.6 Å². The topological polar surface area (TPSA) is 132 Å². The predicted molar refractivity (Wildman–Crippen MR) is 131 cm³/mol. The minimum Gasteiger partial charge on any atom is -0.384 e. The van der Waals surface area contributed by atoms with Crippen molar-refractivity contribution < 1.29 is 13.6 Å². The summed E-state index contributed by atoms with van der Waals surface area (Å²) in [7, 11) is 0. The number of amides is 1. The molecule has 4 heterocycles. The Balaban J connectivity index is 1.47. The third-order valence-corrected chi connectivity index (χ3v) is 6.44. The molecule has 1 saturated heterocycles. The number of nitrogens with zero attached hydrogens (tertiary/aromatic N) is 7. The fourth-order valence-electron chi connectivity index (χ4n) is 4.49. The molecular formula is C24H22ClF2N9O. The third-order valence-electron chi connectivity index (χ3n) is 6.21. The summed E-state index contributed by atoms with van der Waals surface area (Å²) in [6.07, 6.45) is 5.06. The predicted octanol–water partition coefficient (Wildman–Crippen LogP) is 4.16. The first-order valence-electron chi connectivity index (χ1n) is 11.6. The molecule has 4 aromatic rings. The van der Waals surface area contributed by atoms with Crippen LogP contribution in [0.5, 0.6) is 0 Å². The summed E-state index contributed by atoms with van der Waals surface area (Å²) in [5.41, 5.74) is 7.94. The van der Waals surface area contributed by atoms with Crippen LogP contribution in [0.25, 0.3) is 17.1 Å². The van der Waals surface area contributed by atoms with Gasteiger partial charge in [0.1, 0.15) is 18.0 Å². The molecule has 1 fully saturated rings. The van der Waals surface area contributed by atoms with Crippen molar-refractivity contribution in [3.63, 3.8) is 0 Å². The molecule has 0 bridgehead atoms. The number of allylic oxidation sites excluding steroid dienone is 2.